The summed E-state index contributed by atoms with van der Waals surface area (Å²) in [6.45, 7) is 0.165. The third-order valence-electron chi connectivity index (χ3n) is 5.53. The predicted octanol–water partition coefficient (Wildman–Crippen LogP) is 3.67. The number of nitrogens with zero attached hydrogens (tertiary/aromatic N) is 2. The van der Waals surface area contributed by atoms with Crippen LogP contribution >= 0.6 is 0 Å². The topological polar surface area (TPSA) is 113 Å². The highest BCUT2D eigenvalue weighted by Gasteiger charge is 2.32. The van der Waals surface area contributed by atoms with Gasteiger partial charge in [0.05, 0.1) is 22.0 Å². The van der Waals surface area contributed by atoms with Crippen LogP contribution in [0.1, 0.15) is 17.0 Å². The Kier molecular flexibility index (Phi) is 6.48. The molecular weight excluding hydrogens is 493 g/mol. The van der Waals surface area contributed by atoms with Crippen molar-refractivity contribution in [3.63, 3.8) is 0 Å². The second-order valence-corrected chi connectivity index (χ2v) is 12.2. The SMILES string of the molecule is CS(=O)(=O)c1ccc(NC(=O)N2C[C@@H](c3ccc(S(C)(=O)=O)cc3)C(c3ccc(F)cc3)=N2)cc1. The van der Waals surface area contributed by atoms with Gasteiger partial charge in [0.25, 0.3) is 0 Å². The molecule has 0 aromatic heterocycles. The van der Waals surface area contributed by atoms with Crippen LogP contribution in [0.5, 0.6) is 0 Å². The van der Waals surface area contributed by atoms with E-state index in [1.807, 2.05) is 0 Å². The van der Waals surface area contributed by atoms with Crippen molar-refractivity contribution >= 4 is 37.1 Å². The van der Waals surface area contributed by atoms with Crippen LogP contribution in [-0.2, 0) is 19.7 Å². The lowest BCUT2D eigenvalue weighted by molar-refractivity contribution is 0.218. The first-order chi connectivity index (χ1) is 16.4. The number of amides is 2. The molecule has 0 saturated carbocycles. The van der Waals surface area contributed by atoms with Crippen molar-refractivity contribution in [3.05, 3.63) is 89.7 Å². The fraction of sp³-hybridized carbons (Fsp3) is 0.167. The zero-order valence-electron chi connectivity index (χ0n) is 18.8. The standard InChI is InChI=1S/C24H22FN3O5S2/c1-34(30,31)20-11-5-16(6-12-20)22-15-28(27-23(22)17-3-7-18(25)8-4-17)24(29)26-19-9-13-21(14-10-19)35(2,32)33/h3-14,22H,15H2,1-2H3,(H,26,29)/t22-/m0/s1. The molecule has 3 aromatic rings. The van der Waals surface area contributed by atoms with Crippen molar-refractivity contribution in [1.82, 2.24) is 5.01 Å². The molecule has 1 aliphatic heterocycles. The maximum absolute atomic E-state index is 13.5. The highest BCUT2D eigenvalue weighted by Crippen LogP contribution is 2.30. The first-order valence-electron chi connectivity index (χ1n) is 10.4. The van der Waals surface area contributed by atoms with E-state index in [1.54, 1.807) is 24.3 Å². The van der Waals surface area contributed by atoms with Crippen molar-refractivity contribution in [3.8, 4) is 0 Å². The van der Waals surface area contributed by atoms with E-state index in [9.17, 15) is 26.0 Å². The van der Waals surface area contributed by atoms with Gasteiger partial charge in [-0.15, -0.1) is 0 Å². The number of hydrogen-bond donors (Lipinski definition) is 1. The average molecular weight is 516 g/mol. The van der Waals surface area contributed by atoms with E-state index in [-0.39, 0.29) is 22.3 Å². The van der Waals surface area contributed by atoms with Gasteiger partial charge in [-0.2, -0.15) is 5.10 Å². The molecule has 2 amide bonds. The predicted molar refractivity (Wildman–Crippen MR) is 131 cm³/mol. The Balaban J connectivity index is 1.62. The summed E-state index contributed by atoms with van der Waals surface area (Å²) in [5.74, 6) is -0.791. The molecule has 35 heavy (non-hydrogen) atoms. The average Bonchev–Trinajstić information content (AvgIpc) is 3.24. The summed E-state index contributed by atoms with van der Waals surface area (Å²) < 4.78 is 60.4. The van der Waals surface area contributed by atoms with Crippen molar-refractivity contribution in [1.29, 1.82) is 0 Å². The summed E-state index contributed by atoms with van der Waals surface area (Å²) >= 11 is 0. The molecular formula is C24H22FN3O5S2. The molecule has 0 spiro atoms. The van der Waals surface area contributed by atoms with Crippen LogP contribution in [-0.4, -0.2) is 52.6 Å². The number of rotatable bonds is 5. The van der Waals surface area contributed by atoms with Gasteiger partial charge in [-0.3, -0.25) is 0 Å². The monoisotopic (exact) mass is 515 g/mol. The Morgan fingerprint density at radius 3 is 1.89 bits per heavy atom. The minimum atomic E-state index is -3.37. The first kappa shape index (κ1) is 24.6. The van der Waals surface area contributed by atoms with Crippen LogP contribution < -0.4 is 5.32 Å². The Hall–Kier alpha value is -3.57. The molecule has 3 aromatic carbocycles. The third-order valence-corrected chi connectivity index (χ3v) is 7.79. The highest BCUT2D eigenvalue weighted by molar-refractivity contribution is 7.91. The van der Waals surface area contributed by atoms with Gasteiger partial charge in [0, 0.05) is 24.1 Å². The number of urea groups is 1. The Bertz CT molecular complexity index is 1500. The molecule has 1 atom stereocenters. The number of hydrazone groups is 1. The molecule has 0 unspecified atom stereocenters. The zero-order chi connectivity index (χ0) is 25.4. The summed E-state index contributed by atoms with van der Waals surface area (Å²) in [5, 5.41) is 8.40. The quantitative estimate of drug-likeness (QED) is 0.557. The first-order valence-corrected chi connectivity index (χ1v) is 14.2. The van der Waals surface area contributed by atoms with Crippen LogP contribution in [0.15, 0.2) is 87.7 Å². The van der Waals surface area contributed by atoms with Crippen molar-refractivity contribution < 1.29 is 26.0 Å². The summed E-state index contributed by atoms with van der Waals surface area (Å²) in [7, 11) is -6.73. The molecule has 1 heterocycles. The third kappa shape index (κ3) is 5.57. The Morgan fingerprint density at radius 2 is 1.37 bits per heavy atom. The van der Waals surface area contributed by atoms with E-state index < -0.39 is 31.5 Å². The summed E-state index contributed by atoms with van der Waals surface area (Å²) in [4.78, 5) is 13.2. The van der Waals surface area contributed by atoms with E-state index in [4.69, 9.17) is 0 Å². The number of nitrogens with one attached hydrogen (secondary N) is 1. The Labute approximate surface area is 202 Å². The molecule has 11 heteroatoms. The van der Waals surface area contributed by atoms with Crippen molar-refractivity contribution in [2.75, 3.05) is 24.4 Å². The van der Waals surface area contributed by atoms with Gasteiger partial charge in [0.1, 0.15) is 5.82 Å². The van der Waals surface area contributed by atoms with Crippen LogP contribution in [0, 0.1) is 5.82 Å². The van der Waals surface area contributed by atoms with E-state index in [0.717, 1.165) is 18.1 Å². The van der Waals surface area contributed by atoms with Crippen LogP contribution in [0.25, 0.3) is 0 Å². The lowest BCUT2D eigenvalue weighted by Crippen LogP contribution is -2.30. The number of hydrogen-bond acceptors (Lipinski definition) is 6. The van der Waals surface area contributed by atoms with E-state index >= 15 is 0 Å². The molecule has 1 N–H and O–H groups in total. The smallest absolute Gasteiger partial charge is 0.306 e. The molecule has 0 saturated heterocycles. The summed E-state index contributed by atoms with van der Waals surface area (Å²) in [6, 6.07) is 17.3. The fourth-order valence-electron chi connectivity index (χ4n) is 3.69. The minimum absolute atomic E-state index is 0.130. The molecule has 0 aliphatic carbocycles. The largest absolute Gasteiger partial charge is 0.342 e. The maximum Gasteiger partial charge on any atom is 0.342 e. The van der Waals surface area contributed by atoms with E-state index in [0.29, 0.717) is 17.0 Å². The molecule has 182 valence electrons. The fourth-order valence-corrected chi connectivity index (χ4v) is 4.95. The zero-order valence-corrected chi connectivity index (χ0v) is 20.5. The number of benzene rings is 3. The second-order valence-electron chi connectivity index (χ2n) is 8.19. The molecule has 4 rings (SSSR count). The van der Waals surface area contributed by atoms with Crippen molar-refractivity contribution in [2.45, 2.75) is 15.7 Å². The van der Waals surface area contributed by atoms with Crippen LogP contribution in [0.2, 0.25) is 0 Å². The molecule has 0 fully saturated rings. The molecule has 0 radical (unpaired) electrons. The van der Waals surface area contributed by atoms with Gasteiger partial charge in [-0.25, -0.2) is 31.0 Å². The maximum atomic E-state index is 13.5. The number of anilines is 1. The lowest BCUT2D eigenvalue weighted by atomic mass is 9.90. The number of sulfone groups is 2. The van der Waals surface area contributed by atoms with E-state index in [2.05, 4.69) is 10.4 Å². The van der Waals surface area contributed by atoms with Gasteiger partial charge in [-0.05, 0) is 59.7 Å². The lowest BCUT2D eigenvalue weighted by Gasteiger charge is -2.16. The minimum Gasteiger partial charge on any atom is -0.306 e. The molecule has 8 nitrogen and oxygen atoms in total. The van der Waals surface area contributed by atoms with Gasteiger partial charge in [0.2, 0.25) is 0 Å². The second kappa shape index (κ2) is 9.23. The normalized spacial score (nSPS) is 16.1. The summed E-state index contributed by atoms with van der Waals surface area (Å²) in [6.07, 6.45) is 2.22. The van der Waals surface area contributed by atoms with E-state index in [1.165, 1.54) is 53.5 Å². The molecule has 0 bridgehead atoms. The van der Waals surface area contributed by atoms with Gasteiger partial charge >= 0.3 is 6.03 Å². The van der Waals surface area contributed by atoms with Gasteiger partial charge in [-0.1, -0.05) is 24.3 Å². The number of carbonyl (C=O) groups excluding carboxylic acids is 1. The van der Waals surface area contributed by atoms with Crippen LogP contribution in [0.3, 0.4) is 0 Å². The number of halogens is 1. The van der Waals surface area contributed by atoms with Gasteiger partial charge in [0.15, 0.2) is 19.7 Å². The number of carbonyl (C=O) groups is 1. The van der Waals surface area contributed by atoms with Gasteiger partial charge < -0.3 is 5.32 Å². The Morgan fingerprint density at radius 1 is 0.857 bits per heavy atom. The summed E-state index contributed by atoms with van der Waals surface area (Å²) in [5.41, 5.74) is 2.28. The van der Waals surface area contributed by atoms with Crippen molar-refractivity contribution in [2.24, 2.45) is 5.10 Å². The van der Waals surface area contributed by atoms with Crippen LogP contribution in [0.4, 0.5) is 14.9 Å². The highest BCUT2D eigenvalue weighted by atomic mass is 32.2. The molecule has 1 aliphatic rings.